The number of aromatic nitrogens is 6. The quantitative estimate of drug-likeness (QED) is 0.343. The predicted octanol–water partition coefficient (Wildman–Crippen LogP) is 2.29. The maximum Gasteiger partial charge on any atom is 0.266 e. The number of nitriles is 1. The molecule has 33 heavy (non-hydrogen) atoms. The minimum Gasteiger partial charge on any atom is -0.382 e. The number of anilines is 3. The number of aromatic amines is 1. The number of rotatable bonds is 5. The molecule has 1 fully saturated rings. The molecule has 0 saturated heterocycles. The molecule has 11 nitrogen and oxygen atoms in total. The van der Waals surface area contributed by atoms with E-state index in [1.54, 1.807) is 0 Å². The molecule has 1 atom stereocenters. The number of halogens is 2. The van der Waals surface area contributed by atoms with Crippen LogP contribution in [0.25, 0.3) is 16.6 Å². The van der Waals surface area contributed by atoms with Crippen molar-refractivity contribution in [3.63, 3.8) is 0 Å². The molecule has 3 aromatic heterocycles. The first-order valence-electron chi connectivity index (χ1n) is 9.88. The summed E-state index contributed by atoms with van der Waals surface area (Å²) in [5, 5.41) is 19.3. The third-order valence-corrected chi connectivity index (χ3v) is 5.68. The minimum atomic E-state index is -0.652. The first-order chi connectivity index (χ1) is 15.9. The lowest BCUT2D eigenvalue weighted by atomic mass is 10.1. The number of hydrogen-bond acceptors (Lipinski definition) is 9. The number of nitrogens with two attached hydrogens (primary N) is 2. The first-order valence-corrected chi connectivity index (χ1v) is 10.3. The van der Waals surface area contributed by atoms with Crippen LogP contribution in [0.3, 0.4) is 0 Å². The summed E-state index contributed by atoms with van der Waals surface area (Å²) in [6.45, 7) is 0. The zero-order valence-corrected chi connectivity index (χ0v) is 17.6. The summed E-state index contributed by atoms with van der Waals surface area (Å²) in [5.74, 6) is -0.349. The fourth-order valence-electron chi connectivity index (χ4n) is 3.74. The maximum absolute atomic E-state index is 14.0. The van der Waals surface area contributed by atoms with Gasteiger partial charge in [0, 0.05) is 6.20 Å². The third kappa shape index (κ3) is 3.58. The van der Waals surface area contributed by atoms with Crippen molar-refractivity contribution in [3.8, 4) is 11.8 Å². The number of fused-ring (bicyclic) bond motifs is 1. The van der Waals surface area contributed by atoms with E-state index in [-0.39, 0.29) is 45.0 Å². The van der Waals surface area contributed by atoms with Gasteiger partial charge in [-0.15, -0.1) is 0 Å². The molecule has 0 bridgehead atoms. The summed E-state index contributed by atoms with van der Waals surface area (Å²) >= 11 is 6.25. The summed E-state index contributed by atoms with van der Waals surface area (Å²) in [7, 11) is 0. The summed E-state index contributed by atoms with van der Waals surface area (Å²) in [4.78, 5) is 26.1. The van der Waals surface area contributed by atoms with Gasteiger partial charge < -0.3 is 16.8 Å². The highest BCUT2D eigenvalue weighted by Crippen LogP contribution is 2.43. The topological polar surface area (TPSA) is 177 Å². The van der Waals surface area contributed by atoms with Crippen LogP contribution in [-0.4, -0.2) is 29.7 Å². The van der Waals surface area contributed by atoms with Crippen LogP contribution in [0.2, 0.25) is 5.02 Å². The molecule has 1 aliphatic rings. The number of nitrogen functional groups attached to an aromatic ring is 2. The van der Waals surface area contributed by atoms with Crippen LogP contribution in [0.15, 0.2) is 29.3 Å². The van der Waals surface area contributed by atoms with Gasteiger partial charge in [-0.2, -0.15) is 20.3 Å². The number of nitrogens with one attached hydrogen (secondary N) is 2. The van der Waals surface area contributed by atoms with Crippen molar-refractivity contribution in [2.24, 2.45) is 5.92 Å². The Morgan fingerprint density at radius 1 is 1.30 bits per heavy atom. The number of H-pyrrole nitrogens is 1. The minimum absolute atomic E-state index is 0.00507. The van der Waals surface area contributed by atoms with Crippen molar-refractivity contribution >= 4 is 40.1 Å². The van der Waals surface area contributed by atoms with Gasteiger partial charge in [0.2, 0.25) is 5.95 Å². The second-order valence-electron chi connectivity index (χ2n) is 7.61. The van der Waals surface area contributed by atoms with E-state index in [0.29, 0.717) is 11.5 Å². The Morgan fingerprint density at radius 2 is 2.09 bits per heavy atom. The van der Waals surface area contributed by atoms with Gasteiger partial charge in [-0.05, 0) is 30.9 Å². The number of nitrogens with zero attached hydrogens (tertiary/aromatic N) is 6. The zero-order valence-electron chi connectivity index (χ0n) is 16.9. The van der Waals surface area contributed by atoms with E-state index in [0.717, 1.165) is 25.0 Å². The lowest BCUT2D eigenvalue weighted by molar-refractivity contribution is 0.607. The molecule has 0 spiro atoms. The Hall–Kier alpha value is -4.24. The van der Waals surface area contributed by atoms with Crippen LogP contribution in [0.5, 0.6) is 0 Å². The maximum atomic E-state index is 14.0. The van der Waals surface area contributed by atoms with Crippen molar-refractivity contribution in [1.29, 1.82) is 5.26 Å². The van der Waals surface area contributed by atoms with Crippen molar-refractivity contribution in [2.75, 3.05) is 16.8 Å². The zero-order chi connectivity index (χ0) is 23.3. The Morgan fingerprint density at radius 3 is 2.76 bits per heavy atom. The average molecular weight is 467 g/mol. The smallest absolute Gasteiger partial charge is 0.266 e. The normalized spacial score (nSPS) is 14.2. The van der Waals surface area contributed by atoms with E-state index in [4.69, 9.17) is 23.1 Å². The largest absolute Gasteiger partial charge is 0.382 e. The lowest BCUT2D eigenvalue weighted by Crippen LogP contribution is -2.29. The Kier molecular flexibility index (Phi) is 4.83. The van der Waals surface area contributed by atoms with Crippen molar-refractivity contribution in [3.05, 3.63) is 57.1 Å². The number of benzene rings is 1. The van der Waals surface area contributed by atoms with Gasteiger partial charge in [0.1, 0.15) is 29.1 Å². The molecule has 1 saturated carbocycles. The van der Waals surface area contributed by atoms with Crippen LogP contribution in [-0.2, 0) is 0 Å². The Balaban J connectivity index is 1.77. The van der Waals surface area contributed by atoms with Crippen LogP contribution >= 0.6 is 11.6 Å². The molecular formula is C20H16ClFN10O. The average Bonchev–Trinajstić information content (AvgIpc) is 3.46. The molecule has 0 aliphatic heterocycles. The summed E-state index contributed by atoms with van der Waals surface area (Å²) in [6.07, 6.45) is 4.65. The van der Waals surface area contributed by atoms with Crippen LogP contribution in [0.4, 0.5) is 22.0 Å². The monoisotopic (exact) mass is 466 g/mol. The number of hydrogen-bond donors (Lipinski definition) is 4. The summed E-state index contributed by atoms with van der Waals surface area (Å²) in [6, 6.07) is 3.59. The SMILES string of the molecule is N#Cc1c(N)nc(N)nc1NC(c1nc2c(Cl)cc(F)cc2c(=O)n1-c1cn[nH]c1)C1CC1. The molecule has 5 rings (SSSR count). The highest BCUT2D eigenvalue weighted by molar-refractivity contribution is 6.35. The third-order valence-electron chi connectivity index (χ3n) is 5.39. The molecule has 13 heteroatoms. The summed E-state index contributed by atoms with van der Waals surface area (Å²) < 4.78 is 15.4. The van der Waals surface area contributed by atoms with Gasteiger partial charge in [-0.3, -0.25) is 14.5 Å². The molecule has 166 valence electrons. The second kappa shape index (κ2) is 7.72. The molecule has 4 aromatic rings. The highest BCUT2D eigenvalue weighted by atomic mass is 35.5. The highest BCUT2D eigenvalue weighted by Gasteiger charge is 2.37. The van der Waals surface area contributed by atoms with Crippen molar-refractivity contribution in [2.45, 2.75) is 18.9 Å². The Bertz CT molecular complexity index is 1490. The van der Waals surface area contributed by atoms with Gasteiger partial charge in [-0.1, -0.05) is 11.6 Å². The van der Waals surface area contributed by atoms with Gasteiger partial charge >= 0.3 is 0 Å². The lowest BCUT2D eigenvalue weighted by Gasteiger charge is -2.23. The van der Waals surface area contributed by atoms with E-state index in [2.05, 4.69) is 30.5 Å². The van der Waals surface area contributed by atoms with E-state index < -0.39 is 17.4 Å². The molecule has 3 heterocycles. The molecule has 6 N–H and O–H groups in total. The predicted molar refractivity (Wildman–Crippen MR) is 119 cm³/mol. The first kappa shape index (κ1) is 20.7. The van der Waals surface area contributed by atoms with E-state index in [1.165, 1.54) is 17.0 Å². The molecule has 0 radical (unpaired) electrons. The standard InChI is InChI=1S/C20H16ClFN10O/c21-13-4-9(22)3-11-15(13)29-18(32(19(11)33)10-6-26-27-7-10)14(8-1-2-8)28-17-12(5-23)16(24)30-20(25)31-17/h3-4,6-8,14H,1-2H2,(H,26,27)(H5,24,25,28,30,31). The molecule has 1 aliphatic carbocycles. The van der Waals surface area contributed by atoms with E-state index in [1.807, 2.05) is 6.07 Å². The van der Waals surface area contributed by atoms with Gasteiger partial charge in [0.15, 0.2) is 5.82 Å². The molecule has 0 amide bonds. The van der Waals surface area contributed by atoms with Crippen LogP contribution < -0.4 is 22.3 Å². The van der Waals surface area contributed by atoms with Gasteiger partial charge in [0.05, 0.1) is 33.9 Å². The van der Waals surface area contributed by atoms with Crippen molar-refractivity contribution < 1.29 is 4.39 Å². The van der Waals surface area contributed by atoms with Gasteiger partial charge in [-0.25, -0.2) is 9.37 Å². The van der Waals surface area contributed by atoms with Crippen molar-refractivity contribution in [1.82, 2.24) is 29.7 Å². The fourth-order valence-corrected chi connectivity index (χ4v) is 3.99. The van der Waals surface area contributed by atoms with E-state index >= 15 is 0 Å². The molecule has 1 unspecified atom stereocenters. The van der Waals surface area contributed by atoms with Crippen LogP contribution in [0, 0.1) is 23.1 Å². The molecular weight excluding hydrogens is 451 g/mol. The summed E-state index contributed by atoms with van der Waals surface area (Å²) in [5.41, 5.74) is 11.7. The van der Waals surface area contributed by atoms with Crippen LogP contribution in [0.1, 0.15) is 30.3 Å². The fraction of sp³-hybridized carbons (Fsp3) is 0.200. The molecule has 1 aromatic carbocycles. The van der Waals surface area contributed by atoms with Gasteiger partial charge in [0.25, 0.3) is 5.56 Å². The van der Waals surface area contributed by atoms with E-state index in [9.17, 15) is 14.4 Å². The second-order valence-corrected chi connectivity index (χ2v) is 8.02. The Labute approximate surface area is 190 Å².